The van der Waals surface area contributed by atoms with Crippen molar-refractivity contribution in [3.05, 3.63) is 21.8 Å². The number of amides is 2. The summed E-state index contributed by atoms with van der Waals surface area (Å²) in [6, 6.07) is 0. The molecule has 0 saturated heterocycles. The first-order valence-corrected chi connectivity index (χ1v) is 4.92. The highest BCUT2D eigenvalue weighted by atomic mass is 79.9. The van der Waals surface area contributed by atoms with E-state index in [1.54, 1.807) is 0 Å². The van der Waals surface area contributed by atoms with Gasteiger partial charge in [-0.25, -0.2) is 4.98 Å². The number of ether oxygens (including phenoxy) is 1. The normalized spacial score (nSPS) is 14.5. The van der Waals surface area contributed by atoms with Gasteiger partial charge in [-0.2, -0.15) is 0 Å². The largest absolute Gasteiger partial charge is 0.480 e. The van der Waals surface area contributed by atoms with Gasteiger partial charge in [0.1, 0.15) is 5.56 Å². The van der Waals surface area contributed by atoms with Crippen molar-refractivity contribution in [3.8, 4) is 5.88 Å². The summed E-state index contributed by atoms with van der Waals surface area (Å²) in [7, 11) is 2.84. The van der Waals surface area contributed by atoms with Crippen LogP contribution in [0.1, 0.15) is 20.7 Å². The molecule has 0 atom stereocenters. The third-order valence-electron chi connectivity index (χ3n) is 2.23. The fraction of sp³-hybridized carbons (Fsp3) is 0.222. The maximum Gasteiger partial charge on any atom is 0.266 e. The van der Waals surface area contributed by atoms with Crippen LogP contribution in [0, 0.1) is 0 Å². The Morgan fingerprint density at radius 1 is 1.33 bits per heavy atom. The minimum absolute atomic E-state index is 0.177. The highest BCUT2D eigenvalue weighted by Gasteiger charge is 2.38. The molecule has 1 aromatic rings. The van der Waals surface area contributed by atoms with E-state index < -0.39 is 0 Å². The van der Waals surface area contributed by atoms with Gasteiger partial charge in [0.2, 0.25) is 5.88 Å². The lowest BCUT2D eigenvalue weighted by Crippen LogP contribution is -2.24. The van der Waals surface area contributed by atoms with Crippen LogP contribution in [-0.4, -0.2) is 35.9 Å². The lowest BCUT2D eigenvalue weighted by atomic mass is 10.2. The van der Waals surface area contributed by atoms with Crippen molar-refractivity contribution in [3.63, 3.8) is 0 Å². The topological polar surface area (TPSA) is 59.5 Å². The molecule has 2 amide bonds. The zero-order valence-electron chi connectivity index (χ0n) is 8.07. The van der Waals surface area contributed by atoms with E-state index in [-0.39, 0.29) is 23.3 Å². The Bertz CT molecular complexity index is 473. The Labute approximate surface area is 94.2 Å². The third-order valence-corrected chi connectivity index (χ3v) is 2.83. The molecule has 0 unspecified atom stereocenters. The van der Waals surface area contributed by atoms with Gasteiger partial charge in [-0.3, -0.25) is 14.5 Å². The lowest BCUT2D eigenvalue weighted by molar-refractivity contribution is 0.0692. The van der Waals surface area contributed by atoms with Crippen molar-refractivity contribution in [1.29, 1.82) is 0 Å². The smallest absolute Gasteiger partial charge is 0.266 e. The standard InChI is InChI=1S/C9H7BrN2O3/c1-12-8(13)5-4(10)3-11-7(15-2)6(5)9(12)14/h3H,1-2H3. The highest BCUT2D eigenvalue weighted by molar-refractivity contribution is 9.10. The van der Waals surface area contributed by atoms with E-state index in [1.165, 1.54) is 20.4 Å². The molecule has 0 bridgehead atoms. The van der Waals surface area contributed by atoms with Crippen LogP contribution in [0.4, 0.5) is 0 Å². The van der Waals surface area contributed by atoms with Gasteiger partial charge in [0.05, 0.1) is 12.7 Å². The van der Waals surface area contributed by atoms with Gasteiger partial charge >= 0.3 is 0 Å². The van der Waals surface area contributed by atoms with E-state index in [2.05, 4.69) is 20.9 Å². The summed E-state index contributed by atoms with van der Waals surface area (Å²) in [6.07, 6.45) is 1.45. The summed E-state index contributed by atoms with van der Waals surface area (Å²) >= 11 is 3.19. The Morgan fingerprint density at radius 3 is 2.53 bits per heavy atom. The molecule has 2 heterocycles. The van der Waals surface area contributed by atoms with E-state index in [4.69, 9.17) is 4.74 Å². The molecule has 0 aromatic carbocycles. The minimum atomic E-state index is -0.388. The number of pyridine rings is 1. The maximum atomic E-state index is 11.7. The monoisotopic (exact) mass is 270 g/mol. The molecule has 78 valence electrons. The summed E-state index contributed by atoms with van der Waals surface area (Å²) < 4.78 is 5.45. The predicted octanol–water partition coefficient (Wildman–Crippen LogP) is 1.08. The molecule has 5 nitrogen and oxygen atoms in total. The fourth-order valence-electron chi connectivity index (χ4n) is 1.46. The van der Waals surface area contributed by atoms with E-state index in [0.29, 0.717) is 10.0 Å². The number of nitrogens with zero attached hydrogens (tertiary/aromatic N) is 2. The minimum Gasteiger partial charge on any atom is -0.480 e. The van der Waals surface area contributed by atoms with Crippen molar-refractivity contribution < 1.29 is 14.3 Å². The second kappa shape index (κ2) is 3.30. The van der Waals surface area contributed by atoms with Crippen LogP contribution in [0.5, 0.6) is 5.88 Å². The number of hydrogen-bond donors (Lipinski definition) is 0. The van der Waals surface area contributed by atoms with Crippen molar-refractivity contribution in [2.75, 3.05) is 14.2 Å². The van der Waals surface area contributed by atoms with Crippen LogP contribution in [0.25, 0.3) is 0 Å². The molecule has 0 aliphatic carbocycles. The van der Waals surface area contributed by atoms with Crippen LogP contribution in [0.3, 0.4) is 0 Å². The molecular weight excluding hydrogens is 264 g/mol. The summed E-state index contributed by atoms with van der Waals surface area (Å²) in [5, 5.41) is 0. The zero-order valence-corrected chi connectivity index (χ0v) is 9.66. The molecule has 1 aliphatic heterocycles. The second-order valence-electron chi connectivity index (χ2n) is 3.03. The van der Waals surface area contributed by atoms with Gasteiger partial charge < -0.3 is 4.74 Å². The maximum absolute atomic E-state index is 11.7. The molecule has 1 aliphatic rings. The van der Waals surface area contributed by atoms with Gasteiger partial charge in [-0.05, 0) is 15.9 Å². The number of fused-ring (bicyclic) bond motifs is 1. The molecule has 0 spiro atoms. The molecule has 0 fully saturated rings. The molecule has 0 N–H and O–H groups in total. The number of hydrogen-bond acceptors (Lipinski definition) is 4. The summed E-state index contributed by atoms with van der Waals surface area (Å²) in [6.45, 7) is 0. The lowest BCUT2D eigenvalue weighted by Gasteiger charge is -2.04. The molecule has 0 saturated carbocycles. The van der Waals surface area contributed by atoms with Crippen LogP contribution in [-0.2, 0) is 0 Å². The zero-order chi connectivity index (χ0) is 11.2. The predicted molar refractivity (Wildman–Crippen MR) is 54.9 cm³/mol. The first kappa shape index (κ1) is 10.1. The molecule has 0 radical (unpaired) electrons. The number of methoxy groups -OCH3 is 1. The molecule has 1 aromatic heterocycles. The van der Waals surface area contributed by atoms with Crippen molar-refractivity contribution in [2.24, 2.45) is 0 Å². The van der Waals surface area contributed by atoms with Gasteiger partial charge in [0, 0.05) is 17.7 Å². The molecule has 6 heteroatoms. The third kappa shape index (κ3) is 1.25. The Morgan fingerprint density at radius 2 is 1.93 bits per heavy atom. The fourth-order valence-corrected chi connectivity index (χ4v) is 1.93. The van der Waals surface area contributed by atoms with E-state index in [1.807, 2.05) is 0 Å². The number of carbonyl (C=O) groups excluding carboxylic acids is 2. The van der Waals surface area contributed by atoms with Gasteiger partial charge in [0.15, 0.2) is 0 Å². The molecule has 2 rings (SSSR count). The Balaban J connectivity index is 2.76. The van der Waals surface area contributed by atoms with E-state index in [9.17, 15) is 9.59 Å². The quantitative estimate of drug-likeness (QED) is 0.717. The number of halogens is 1. The SMILES string of the molecule is COc1ncc(Br)c2c1C(=O)N(C)C2=O. The van der Waals surface area contributed by atoms with Crippen molar-refractivity contribution in [2.45, 2.75) is 0 Å². The number of rotatable bonds is 1. The van der Waals surface area contributed by atoms with E-state index >= 15 is 0 Å². The summed E-state index contributed by atoms with van der Waals surface area (Å²) in [5.41, 5.74) is 0.536. The summed E-state index contributed by atoms with van der Waals surface area (Å²) in [4.78, 5) is 28.4. The number of imide groups is 1. The Kier molecular flexibility index (Phi) is 2.22. The van der Waals surface area contributed by atoms with Crippen LogP contribution in [0.15, 0.2) is 10.7 Å². The van der Waals surface area contributed by atoms with Gasteiger partial charge in [-0.15, -0.1) is 0 Å². The molecule has 15 heavy (non-hydrogen) atoms. The average Bonchev–Trinajstić information content (AvgIpc) is 2.46. The summed E-state index contributed by atoms with van der Waals surface area (Å²) in [5.74, 6) is -0.556. The number of carbonyl (C=O) groups is 2. The van der Waals surface area contributed by atoms with Gasteiger partial charge in [-0.1, -0.05) is 0 Å². The Hall–Kier alpha value is -1.43. The second-order valence-corrected chi connectivity index (χ2v) is 3.89. The van der Waals surface area contributed by atoms with Crippen molar-refractivity contribution in [1.82, 2.24) is 9.88 Å². The van der Waals surface area contributed by atoms with Crippen LogP contribution >= 0.6 is 15.9 Å². The van der Waals surface area contributed by atoms with E-state index in [0.717, 1.165) is 4.90 Å². The van der Waals surface area contributed by atoms with Crippen molar-refractivity contribution >= 4 is 27.7 Å². The molecular formula is C9H7BrN2O3. The first-order chi connectivity index (χ1) is 7.07. The average molecular weight is 271 g/mol. The number of aromatic nitrogens is 1. The first-order valence-electron chi connectivity index (χ1n) is 4.12. The highest BCUT2D eigenvalue weighted by Crippen LogP contribution is 2.33. The van der Waals surface area contributed by atoms with Crippen LogP contribution < -0.4 is 4.74 Å². The van der Waals surface area contributed by atoms with Crippen LogP contribution in [0.2, 0.25) is 0 Å². The van der Waals surface area contributed by atoms with Gasteiger partial charge in [0.25, 0.3) is 11.8 Å².